The van der Waals surface area contributed by atoms with Crippen LogP contribution in [0.4, 0.5) is 0 Å². The summed E-state index contributed by atoms with van der Waals surface area (Å²) in [5.74, 6) is 0. The van der Waals surface area contributed by atoms with Gasteiger partial charge in [-0.15, -0.1) is 0 Å². The number of β-amino-alcohol motifs (C(OH)–C–C–N with tert-alkyl or cyclic N) is 1. The molecule has 1 aromatic rings. The highest BCUT2D eigenvalue weighted by Gasteiger charge is 2.12. The Labute approximate surface area is 102 Å². The zero-order valence-corrected chi connectivity index (χ0v) is 10.2. The van der Waals surface area contributed by atoms with Crippen molar-refractivity contribution in [1.82, 2.24) is 9.47 Å². The molecule has 1 N–H and O–H groups in total. The molecule has 1 unspecified atom stereocenters. The van der Waals surface area contributed by atoms with E-state index in [1.807, 2.05) is 42.1 Å². The molecule has 1 aliphatic heterocycles. The normalized spacial score (nSPS) is 19.9. The van der Waals surface area contributed by atoms with Crippen LogP contribution in [0.5, 0.6) is 0 Å². The van der Waals surface area contributed by atoms with Crippen LogP contribution in [0.15, 0.2) is 24.4 Å². The predicted molar refractivity (Wildman–Crippen MR) is 67.7 cm³/mol. The molecule has 17 heavy (non-hydrogen) atoms. The summed E-state index contributed by atoms with van der Waals surface area (Å²) >= 11 is 0. The predicted octanol–water partition coefficient (Wildman–Crippen LogP) is 0.731. The molecule has 2 rings (SSSR count). The maximum absolute atomic E-state index is 9.91. The average molecular weight is 236 g/mol. The number of hydrogen-bond donors (Lipinski definition) is 1. The molecule has 0 spiro atoms. The number of rotatable bonds is 4. The van der Waals surface area contributed by atoms with Gasteiger partial charge in [-0.2, -0.15) is 0 Å². The average Bonchev–Trinajstić information content (AvgIpc) is 2.74. The Hall–Kier alpha value is -1.10. The maximum Gasteiger partial charge on any atom is 0.0851 e. The molecular weight excluding hydrogens is 216 g/mol. The van der Waals surface area contributed by atoms with Crippen molar-refractivity contribution < 1.29 is 9.84 Å². The van der Waals surface area contributed by atoms with Crippen LogP contribution >= 0.6 is 0 Å². The first-order valence-corrected chi connectivity index (χ1v) is 6.03. The van der Waals surface area contributed by atoms with E-state index in [0.29, 0.717) is 6.54 Å². The Bertz CT molecular complexity index is 367. The molecular formula is C13H20N2O2. The molecule has 1 saturated heterocycles. The van der Waals surface area contributed by atoms with Crippen LogP contribution in [0.1, 0.15) is 5.69 Å². The maximum atomic E-state index is 9.91. The molecule has 94 valence electrons. The number of aliphatic hydroxyl groups is 1. The number of ether oxygens (including phenoxy) is 1. The molecule has 0 bridgehead atoms. The van der Waals surface area contributed by atoms with E-state index in [-0.39, 0.29) is 0 Å². The molecule has 0 aliphatic carbocycles. The fraction of sp³-hybridized carbons (Fsp3) is 0.538. The minimum atomic E-state index is -0.414. The number of nitrogens with zero attached hydrogens (tertiary/aromatic N) is 2. The first kappa shape index (κ1) is 12.4. The SMILES string of the molecule is Cn1cccc1/C=C\C(O)CN1CCOCC1. The van der Waals surface area contributed by atoms with Gasteiger partial charge in [0.15, 0.2) is 0 Å². The van der Waals surface area contributed by atoms with Gasteiger partial charge < -0.3 is 14.4 Å². The van der Waals surface area contributed by atoms with Crippen molar-refractivity contribution in [3.63, 3.8) is 0 Å². The van der Waals surface area contributed by atoms with Crippen molar-refractivity contribution in [1.29, 1.82) is 0 Å². The second-order valence-electron chi connectivity index (χ2n) is 4.38. The molecule has 0 radical (unpaired) electrons. The van der Waals surface area contributed by atoms with E-state index in [9.17, 15) is 5.11 Å². The number of aromatic nitrogens is 1. The Balaban J connectivity index is 1.82. The standard InChI is InChI=1S/C13H20N2O2/c1-14-6-2-3-12(14)4-5-13(16)11-15-7-9-17-10-8-15/h2-6,13,16H,7-11H2,1H3/b5-4-. The third-order valence-corrected chi connectivity index (χ3v) is 3.02. The van der Waals surface area contributed by atoms with Crippen LogP contribution in [0.25, 0.3) is 6.08 Å². The van der Waals surface area contributed by atoms with Crippen molar-refractivity contribution >= 4 is 6.08 Å². The van der Waals surface area contributed by atoms with E-state index >= 15 is 0 Å². The largest absolute Gasteiger partial charge is 0.388 e. The molecule has 4 nitrogen and oxygen atoms in total. The van der Waals surface area contributed by atoms with E-state index in [4.69, 9.17) is 4.74 Å². The highest BCUT2D eigenvalue weighted by atomic mass is 16.5. The highest BCUT2D eigenvalue weighted by molar-refractivity contribution is 5.45. The summed E-state index contributed by atoms with van der Waals surface area (Å²) in [6, 6.07) is 4.02. The molecule has 0 amide bonds. The zero-order chi connectivity index (χ0) is 12.1. The van der Waals surface area contributed by atoms with Gasteiger partial charge in [0.25, 0.3) is 0 Å². The zero-order valence-electron chi connectivity index (χ0n) is 10.2. The molecule has 1 fully saturated rings. The smallest absolute Gasteiger partial charge is 0.0851 e. The lowest BCUT2D eigenvalue weighted by Crippen LogP contribution is -2.40. The first-order chi connectivity index (χ1) is 8.25. The summed E-state index contributed by atoms with van der Waals surface area (Å²) in [6.45, 7) is 4.05. The Kier molecular flexibility index (Phi) is 4.36. The number of morpholine rings is 1. The summed E-state index contributed by atoms with van der Waals surface area (Å²) in [4.78, 5) is 2.23. The minimum Gasteiger partial charge on any atom is -0.388 e. The number of aryl methyl sites for hydroxylation is 1. The summed E-state index contributed by atoms with van der Waals surface area (Å²) in [6.07, 6.45) is 5.40. The van der Waals surface area contributed by atoms with Gasteiger partial charge in [0, 0.05) is 38.6 Å². The van der Waals surface area contributed by atoms with Crippen molar-refractivity contribution in [3.05, 3.63) is 30.1 Å². The van der Waals surface area contributed by atoms with Gasteiger partial charge >= 0.3 is 0 Å². The van der Waals surface area contributed by atoms with E-state index in [2.05, 4.69) is 4.90 Å². The highest BCUT2D eigenvalue weighted by Crippen LogP contribution is 2.05. The van der Waals surface area contributed by atoms with Gasteiger partial charge in [0.05, 0.1) is 19.3 Å². The Morgan fingerprint density at radius 3 is 2.88 bits per heavy atom. The summed E-state index contributed by atoms with van der Waals surface area (Å²) in [5, 5.41) is 9.91. The fourth-order valence-electron chi connectivity index (χ4n) is 1.97. The lowest BCUT2D eigenvalue weighted by atomic mass is 10.2. The third-order valence-electron chi connectivity index (χ3n) is 3.02. The topological polar surface area (TPSA) is 37.6 Å². The van der Waals surface area contributed by atoms with Crippen LogP contribution in [-0.4, -0.2) is 53.5 Å². The summed E-state index contributed by atoms with van der Waals surface area (Å²) < 4.78 is 7.30. The minimum absolute atomic E-state index is 0.414. The first-order valence-electron chi connectivity index (χ1n) is 6.03. The second kappa shape index (κ2) is 6.00. The van der Waals surface area contributed by atoms with Gasteiger partial charge in [0.2, 0.25) is 0 Å². The van der Waals surface area contributed by atoms with Crippen molar-refractivity contribution in [2.75, 3.05) is 32.8 Å². The quantitative estimate of drug-likeness (QED) is 0.837. The second-order valence-corrected chi connectivity index (χ2v) is 4.38. The van der Waals surface area contributed by atoms with E-state index in [1.165, 1.54) is 0 Å². The number of aliphatic hydroxyl groups excluding tert-OH is 1. The van der Waals surface area contributed by atoms with Gasteiger partial charge in [-0.1, -0.05) is 6.08 Å². The van der Waals surface area contributed by atoms with Gasteiger partial charge in [0.1, 0.15) is 0 Å². The van der Waals surface area contributed by atoms with Crippen LogP contribution in [0, 0.1) is 0 Å². The van der Waals surface area contributed by atoms with Crippen molar-refractivity contribution in [3.8, 4) is 0 Å². The summed E-state index contributed by atoms with van der Waals surface area (Å²) in [7, 11) is 1.99. The number of hydrogen-bond acceptors (Lipinski definition) is 3. The van der Waals surface area contributed by atoms with E-state index < -0.39 is 6.10 Å². The van der Waals surface area contributed by atoms with Crippen LogP contribution < -0.4 is 0 Å². The van der Waals surface area contributed by atoms with E-state index in [1.54, 1.807) is 0 Å². The lowest BCUT2D eigenvalue weighted by Gasteiger charge is -2.27. The molecule has 0 aromatic carbocycles. The van der Waals surface area contributed by atoms with Gasteiger partial charge in [-0.25, -0.2) is 0 Å². The Morgan fingerprint density at radius 1 is 1.47 bits per heavy atom. The van der Waals surface area contributed by atoms with Crippen molar-refractivity contribution in [2.45, 2.75) is 6.10 Å². The molecule has 1 atom stereocenters. The van der Waals surface area contributed by atoms with Gasteiger partial charge in [-0.05, 0) is 18.2 Å². The van der Waals surface area contributed by atoms with Crippen LogP contribution in [-0.2, 0) is 11.8 Å². The van der Waals surface area contributed by atoms with E-state index in [0.717, 1.165) is 32.0 Å². The molecule has 0 saturated carbocycles. The van der Waals surface area contributed by atoms with Crippen LogP contribution in [0.2, 0.25) is 0 Å². The monoisotopic (exact) mass is 236 g/mol. The molecule has 4 heteroatoms. The molecule has 1 aromatic heterocycles. The summed E-state index contributed by atoms with van der Waals surface area (Å²) in [5.41, 5.74) is 1.10. The Morgan fingerprint density at radius 2 is 2.24 bits per heavy atom. The van der Waals surface area contributed by atoms with Gasteiger partial charge in [-0.3, -0.25) is 4.90 Å². The molecule has 1 aliphatic rings. The molecule has 2 heterocycles. The lowest BCUT2D eigenvalue weighted by molar-refractivity contribution is 0.0223. The van der Waals surface area contributed by atoms with Crippen LogP contribution in [0.3, 0.4) is 0 Å². The van der Waals surface area contributed by atoms with Crippen molar-refractivity contribution in [2.24, 2.45) is 7.05 Å². The fourth-order valence-corrected chi connectivity index (χ4v) is 1.97. The third kappa shape index (κ3) is 3.70.